The van der Waals surface area contributed by atoms with E-state index in [-0.39, 0.29) is 24.4 Å². The lowest BCUT2D eigenvalue weighted by atomic mass is 9.95. The second kappa shape index (κ2) is 12.8. The van der Waals surface area contributed by atoms with Crippen molar-refractivity contribution in [3.63, 3.8) is 0 Å². The van der Waals surface area contributed by atoms with Crippen molar-refractivity contribution >= 4 is 39.1 Å². The molecule has 2 aromatic carbocycles. The zero-order valence-corrected chi connectivity index (χ0v) is 23.7. The number of hydrogen-bond acceptors (Lipinski definition) is 4. The molecule has 0 aromatic heterocycles. The molecule has 1 saturated carbocycles. The average Bonchev–Trinajstić information content (AvgIpc) is 2.86. The molecule has 7 nitrogen and oxygen atoms in total. The Morgan fingerprint density at radius 3 is 2.24 bits per heavy atom. The van der Waals surface area contributed by atoms with Crippen molar-refractivity contribution in [1.82, 2.24) is 10.2 Å². The third-order valence-corrected chi connectivity index (χ3v) is 8.42. The average molecular weight is 548 g/mol. The Balaban J connectivity index is 1.93. The van der Waals surface area contributed by atoms with Crippen LogP contribution < -0.4 is 9.62 Å². The van der Waals surface area contributed by atoms with Gasteiger partial charge in [0.1, 0.15) is 12.6 Å². The maximum absolute atomic E-state index is 13.8. The number of nitrogens with zero attached hydrogens (tertiary/aromatic N) is 2. The van der Waals surface area contributed by atoms with E-state index in [1.165, 1.54) is 4.90 Å². The quantitative estimate of drug-likeness (QED) is 0.448. The number of rotatable bonds is 10. The minimum absolute atomic E-state index is 0.0509. The number of benzene rings is 2. The van der Waals surface area contributed by atoms with Gasteiger partial charge in [0.2, 0.25) is 21.8 Å². The van der Waals surface area contributed by atoms with Crippen molar-refractivity contribution in [1.29, 1.82) is 0 Å². The summed E-state index contributed by atoms with van der Waals surface area (Å²) in [5, 5.41) is 3.57. The molecule has 2 aromatic rings. The van der Waals surface area contributed by atoms with Gasteiger partial charge in [-0.3, -0.25) is 13.9 Å². The molecule has 1 N–H and O–H groups in total. The van der Waals surface area contributed by atoms with Crippen LogP contribution in [0.5, 0.6) is 0 Å². The molecular formula is C28H38ClN3O4S. The number of carbonyl (C=O) groups excluding carboxylic acids is 2. The lowest BCUT2D eigenvalue weighted by Crippen LogP contribution is -2.53. The standard InChI is InChI=1S/C28H38ClN3O4S/c1-20(2)24-15-9-11-17-26(24)32(37(4,35)36)19-27(33)31(18-22-12-8-10-16-25(22)29)21(3)28(34)30-23-13-6-5-7-14-23/h8-12,15-17,20-21,23H,5-7,13-14,18-19H2,1-4H3,(H,30,34)/t21-/m0/s1. The number of para-hydroxylation sites is 1. The molecule has 0 aliphatic heterocycles. The summed E-state index contributed by atoms with van der Waals surface area (Å²) in [6, 6.07) is 13.6. The van der Waals surface area contributed by atoms with Crippen LogP contribution in [0.3, 0.4) is 0 Å². The van der Waals surface area contributed by atoms with Gasteiger partial charge < -0.3 is 10.2 Å². The lowest BCUT2D eigenvalue weighted by molar-refractivity contribution is -0.139. The van der Waals surface area contributed by atoms with Crippen LogP contribution in [0.25, 0.3) is 0 Å². The molecule has 0 spiro atoms. The molecule has 0 heterocycles. The van der Waals surface area contributed by atoms with Crippen LogP contribution in [0.15, 0.2) is 48.5 Å². The smallest absolute Gasteiger partial charge is 0.244 e. The van der Waals surface area contributed by atoms with Gasteiger partial charge in [0.15, 0.2) is 0 Å². The zero-order chi connectivity index (χ0) is 27.2. The van der Waals surface area contributed by atoms with E-state index in [1.807, 2.05) is 32.0 Å². The minimum Gasteiger partial charge on any atom is -0.352 e. The summed E-state index contributed by atoms with van der Waals surface area (Å²) in [6.07, 6.45) is 6.24. The van der Waals surface area contributed by atoms with Gasteiger partial charge >= 0.3 is 0 Å². The number of amides is 2. The van der Waals surface area contributed by atoms with Crippen LogP contribution in [0.1, 0.15) is 69.9 Å². The van der Waals surface area contributed by atoms with E-state index in [1.54, 1.807) is 37.3 Å². The molecule has 3 rings (SSSR count). The molecule has 0 saturated heterocycles. The topological polar surface area (TPSA) is 86.8 Å². The first-order chi connectivity index (χ1) is 17.5. The Bertz CT molecular complexity index is 1200. The molecular weight excluding hydrogens is 510 g/mol. The predicted octanol–water partition coefficient (Wildman–Crippen LogP) is 5.10. The maximum atomic E-state index is 13.8. The third-order valence-electron chi connectivity index (χ3n) is 6.92. The Kier molecular flexibility index (Phi) is 10.0. The Hall–Kier alpha value is -2.58. The largest absolute Gasteiger partial charge is 0.352 e. The molecule has 1 aliphatic rings. The highest BCUT2D eigenvalue weighted by molar-refractivity contribution is 7.92. The summed E-state index contributed by atoms with van der Waals surface area (Å²) in [7, 11) is -3.79. The molecule has 1 atom stereocenters. The zero-order valence-electron chi connectivity index (χ0n) is 22.1. The monoisotopic (exact) mass is 547 g/mol. The van der Waals surface area contributed by atoms with Crippen LogP contribution in [0, 0.1) is 0 Å². The van der Waals surface area contributed by atoms with E-state index < -0.39 is 28.5 Å². The third kappa shape index (κ3) is 7.71. The van der Waals surface area contributed by atoms with E-state index in [0.717, 1.165) is 48.2 Å². The summed E-state index contributed by atoms with van der Waals surface area (Å²) in [4.78, 5) is 28.5. The summed E-state index contributed by atoms with van der Waals surface area (Å²) >= 11 is 6.40. The fraction of sp³-hybridized carbons (Fsp3) is 0.500. The summed E-state index contributed by atoms with van der Waals surface area (Å²) in [5.74, 6) is -0.675. The number of sulfonamides is 1. The van der Waals surface area contributed by atoms with Gasteiger partial charge in [-0.15, -0.1) is 0 Å². The van der Waals surface area contributed by atoms with Crippen molar-refractivity contribution in [2.24, 2.45) is 0 Å². The molecule has 1 aliphatic carbocycles. The van der Waals surface area contributed by atoms with E-state index in [4.69, 9.17) is 11.6 Å². The normalized spacial score (nSPS) is 15.3. The number of hydrogen-bond donors (Lipinski definition) is 1. The number of anilines is 1. The minimum atomic E-state index is -3.79. The fourth-order valence-corrected chi connectivity index (χ4v) is 5.82. The Labute approximate surface area is 226 Å². The highest BCUT2D eigenvalue weighted by atomic mass is 35.5. The predicted molar refractivity (Wildman–Crippen MR) is 149 cm³/mol. The van der Waals surface area contributed by atoms with Gasteiger partial charge in [-0.25, -0.2) is 8.42 Å². The molecule has 9 heteroatoms. The molecule has 1 fully saturated rings. The van der Waals surface area contributed by atoms with Gasteiger partial charge in [0, 0.05) is 17.6 Å². The number of nitrogens with one attached hydrogen (secondary N) is 1. The first-order valence-electron chi connectivity index (χ1n) is 12.9. The fourth-order valence-electron chi connectivity index (χ4n) is 4.76. The first kappa shape index (κ1) is 29.0. The van der Waals surface area contributed by atoms with Crippen LogP contribution >= 0.6 is 11.6 Å². The van der Waals surface area contributed by atoms with E-state index in [0.29, 0.717) is 16.3 Å². The van der Waals surface area contributed by atoms with Crippen molar-refractivity contribution in [2.45, 2.75) is 77.4 Å². The maximum Gasteiger partial charge on any atom is 0.244 e. The van der Waals surface area contributed by atoms with E-state index in [2.05, 4.69) is 5.32 Å². The Morgan fingerprint density at radius 1 is 1.00 bits per heavy atom. The summed E-state index contributed by atoms with van der Waals surface area (Å²) in [6.45, 7) is 5.29. The molecule has 0 unspecified atom stereocenters. The summed E-state index contributed by atoms with van der Waals surface area (Å²) < 4.78 is 26.9. The highest BCUT2D eigenvalue weighted by Gasteiger charge is 2.32. The molecule has 202 valence electrons. The van der Waals surface area contributed by atoms with Gasteiger partial charge in [0.05, 0.1) is 11.9 Å². The second-order valence-corrected chi connectivity index (χ2v) is 12.4. The van der Waals surface area contributed by atoms with E-state index in [9.17, 15) is 18.0 Å². The van der Waals surface area contributed by atoms with Gasteiger partial charge in [-0.2, -0.15) is 0 Å². The molecule has 2 amide bonds. The lowest BCUT2D eigenvalue weighted by Gasteiger charge is -2.33. The Morgan fingerprint density at radius 2 is 1.62 bits per heavy atom. The van der Waals surface area contributed by atoms with E-state index >= 15 is 0 Å². The second-order valence-electron chi connectivity index (χ2n) is 10.1. The van der Waals surface area contributed by atoms with Gasteiger partial charge in [-0.05, 0) is 48.9 Å². The van der Waals surface area contributed by atoms with Crippen molar-refractivity contribution in [3.05, 3.63) is 64.7 Å². The van der Waals surface area contributed by atoms with Gasteiger partial charge in [-0.1, -0.05) is 81.1 Å². The molecule has 37 heavy (non-hydrogen) atoms. The first-order valence-corrected chi connectivity index (χ1v) is 15.1. The van der Waals surface area contributed by atoms with Crippen LogP contribution in [-0.4, -0.2) is 50.0 Å². The van der Waals surface area contributed by atoms with Crippen molar-refractivity contribution in [2.75, 3.05) is 17.1 Å². The summed E-state index contributed by atoms with van der Waals surface area (Å²) in [5.41, 5.74) is 1.97. The molecule has 0 radical (unpaired) electrons. The van der Waals surface area contributed by atoms with Crippen molar-refractivity contribution < 1.29 is 18.0 Å². The number of halogens is 1. The highest BCUT2D eigenvalue weighted by Crippen LogP contribution is 2.29. The van der Waals surface area contributed by atoms with Gasteiger partial charge in [0.25, 0.3) is 0 Å². The van der Waals surface area contributed by atoms with Crippen LogP contribution in [0.2, 0.25) is 5.02 Å². The van der Waals surface area contributed by atoms with Crippen LogP contribution in [-0.2, 0) is 26.2 Å². The number of carbonyl (C=O) groups is 2. The molecule has 0 bridgehead atoms. The van der Waals surface area contributed by atoms with Crippen molar-refractivity contribution in [3.8, 4) is 0 Å². The van der Waals surface area contributed by atoms with Crippen LogP contribution in [0.4, 0.5) is 5.69 Å². The SMILES string of the molecule is CC(C)c1ccccc1N(CC(=O)N(Cc1ccccc1Cl)[C@@H](C)C(=O)NC1CCCCC1)S(C)(=O)=O.